The zero-order chi connectivity index (χ0) is 19.1. The molecule has 9 heteroatoms. The molecule has 5 rings (SSSR count). The van der Waals surface area contributed by atoms with Gasteiger partial charge in [-0.05, 0) is 34.9 Å². The summed E-state index contributed by atoms with van der Waals surface area (Å²) in [6, 6.07) is 10.6. The third-order valence-corrected chi connectivity index (χ3v) is 6.22. The van der Waals surface area contributed by atoms with E-state index in [1.165, 1.54) is 16.0 Å². The van der Waals surface area contributed by atoms with Crippen molar-refractivity contribution in [2.45, 2.75) is 32.5 Å². The van der Waals surface area contributed by atoms with Crippen LogP contribution in [-0.4, -0.2) is 54.2 Å². The summed E-state index contributed by atoms with van der Waals surface area (Å²) >= 11 is 1.73. The molecule has 0 bridgehead atoms. The number of aromatic nitrogens is 5. The molecule has 0 radical (unpaired) electrons. The molecule has 28 heavy (non-hydrogen) atoms. The zero-order valence-corrected chi connectivity index (χ0v) is 16.4. The molecule has 0 aliphatic carbocycles. The normalized spacial score (nSPS) is 15.8. The fourth-order valence-electron chi connectivity index (χ4n) is 3.72. The number of anilines is 1. The molecule has 0 saturated heterocycles. The van der Waals surface area contributed by atoms with E-state index < -0.39 is 6.10 Å². The molecule has 144 valence electrons. The van der Waals surface area contributed by atoms with Crippen molar-refractivity contribution in [3.05, 3.63) is 46.3 Å². The second-order valence-corrected chi connectivity index (χ2v) is 8.29. The number of thiophene rings is 1. The number of aliphatic hydroxyl groups is 1. The molecular weight excluding hydrogens is 374 g/mol. The van der Waals surface area contributed by atoms with Gasteiger partial charge in [-0.2, -0.15) is 9.50 Å². The van der Waals surface area contributed by atoms with Gasteiger partial charge >= 0.3 is 0 Å². The number of nitrogens with one attached hydrogen (secondary N) is 1. The molecule has 1 aliphatic heterocycles. The molecule has 4 aromatic rings. The Balaban J connectivity index is 1.53. The molecule has 0 spiro atoms. The van der Waals surface area contributed by atoms with E-state index in [1.54, 1.807) is 22.8 Å². The van der Waals surface area contributed by atoms with E-state index in [0.717, 1.165) is 42.1 Å². The quantitative estimate of drug-likeness (QED) is 0.535. The van der Waals surface area contributed by atoms with Crippen molar-refractivity contribution in [2.24, 2.45) is 0 Å². The molecule has 0 amide bonds. The number of rotatable bonds is 5. The van der Waals surface area contributed by atoms with Gasteiger partial charge in [0.05, 0.1) is 11.5 Å². The van der Waals surface area contributed by atoms with Crippen LogP contribution in [0.25, 0.3) is 16.0 Å². The first-order valence-corrected chi connectivity index (χ1v) is 10.2. The van der Waals surface area contributed by atoms with Gasteiger partial charge in [0.2, 0.25) is 0 Å². The van der Waals surface area contributed by atoms with Gasteiger partial charge in [-0.15, -0.1) is 11.3 Å². The molecular formula is C19H21N7OS. The number of aliphatic hydroxyl groups excluding tert-OH is 1. The van der Waals surface area contributed by atoms with E-state index >= 15 is 0 Å². The third kappa shape index (κ3) is 3.11. The first kappa shape index (κ1) is 17.5. The van der Waals surface area contributed by atoms with Gasteiger partial charge < -0.3 is 10.4 Å². The number of hydrogen-bond donors (Lipinski definition) is 2. The summed E-state index contributed by atoms with van der Waals surface area (Å²) in [5.74, 6) is 1.23. The van der Waals surface area contributed by atoms with E-state index in [4.69, 9.17) is 0 Å². The molecule has 2 N–H and O–H groups in total. The lowest BCUT2D eigenvalue weighted by molar-refractivity contribution is 0.208. The maximum absolute atomic E-state index is 9.68. The highest BCUT2D eigenvalue weighted by Gasteiger charge is 2.25. The van der Waals surface area contributed by atoms with Crippen LogP contribution >= 0.6 is 11.3 Å². The van der Waals surface area contributed by atoms with Crippen LogP contribution in [0.4, 0.5) is 5.82 Å². The van der Waals surface area contributed by atoms with Crippen molar-refractivity contribution in [1.82, 2.24) is 29.9 Å². The number of fused-ring (bicyclic) bond motifs is 5. The van der Waals surface area contributed by atoms with Gasteiger partial charge in [-0.1, -0.05) is 35.4 Å². The average Bonchev–Trinajstić information content (AvgIpc) is 3.30. The van der Waals surface area contributed by atoms with Gasteiger partial charge in [0.15, 0.2) is 0 Å². The number of benzene rings is 1. The summed E-state index contributed by atoms with van der Waals surface area (Å²) in [6.45, 7) is 5.04. The van der Waals surface area contributed by atoms with E-state index in [1.807, 2.05) is 0 Å². The molecule has 4 heterocycles. The van der Waals surface area contributed by atoms with Crippen LogP contribution in [0.1, 0.15) is 22.9 Å². The molecule has 8 nitrogen and oxygen atoms in total. The maximum atomic E-state index is 9.68. The minimum absolute atomic E-state index is 0.435. The fourth-order valence-corrected chi connectivity index (χ4v) is 5.06. The maximum Gasteiger partial charge on any atom is 0.276 e. The van der Waals surface area contributed by atoms with Crippen LogP contribution in [0.15, 0.2) is 30.3 Å². The second-order valence-electron chi connectivity index (χ2n) is 7.21. The summed E-state index contributed by atoms with van der Waals surface area (Å²) in [6.07, 6.45) is 0.501. The minimum atomic E-state index is -0.458. The zero-order valence-electron chi connectivity index (χ0n) is 15.5. The van der Waals surface area contributed by atoms with Crippen molar-refractivity contribution in [2.75, 3.05) is 18.4 Å². The van der Waals surface area contributed by atoms with Gasteiger partial charge in [0.25, 0.3) is 5.78 Å². The third-order valence-electron chi connectivity index (χ3n) is 5.03. The molecule has 0 saturated carbocycles. The highest BCUT2D eigenvalue weighted by molar-refractivity contribution is 7.19. The fraction of sp³-hybridized carbons (Fsp3) is 0.368. The lowest BCUT2D eigenvalue weighted by Gasteiger charge is -2.27. The predicted molar refractivity (Wildman–Crippen MR) is 108 cm³/mol. The monoisotopic (exact) mass is 395 g/mol. The number of tetrazole rings is 1. The lowest BCUT2D eigenvalue weighted by Crippen LogP contribution is -2.29. The molecule has 0 fully saturated rings. The smallest absolute Gasteiger partial charge is 0.276 e. The van der Waals surface area contributed by atoms with Crippen LogP contribution in [0.5, 0.6) is 0 Å². The van der Waals surface area contributed by atoms with E-state index in [0.29, 0.717) is 12.3 Å². The Bertz CT molecular complexity index is 1120. The Morgan fingerprint density at radius 3 is 2.96 bits per heavy atom. The van der Waals surface area contributed by atoms with Crippen LogP contribution in [0.2, 0.25) is 0 Å². The van der Waals surface area contributed by atoms with Crippen molar-refractivity contribution < 1.29 is 5.11 Å². The Morgan fingerprint density at radius 1 is 1.29 bits per heavy atom. The van der Waals surface area contributed by atoms with E-state index in [-0.39, 0.29) is 0 Å². The van der Waals surface area contributed by atoms with E-state index in [2.05, 4.69) is 61.1 Å². The van der Waals surface area contributed by atoms with Crippen molar-refractivity contribution in [3.63, 3.8) is 0 Å². The van der Waals surface area contributed by atoms with Gasteiger partial charge in [-0.3, -0.25) is 4.90 Å². The Labute approximate surface area is 165 Å². The number of hydrogen-bond acceptors (Lipinski definition) is 8. The minimum Gasteiger partial charge on any atom is -0.392 e. The predicted octanol–water partition coefficient (Wildman–Crippen LogP) is 2.08. The molecule has 1 unspecified atom stereocenters. The number of nitrogens with zero attached hydrogens (tertiary/aromatic N) is 6. The Kier molecular flexibility index (Phi) is 4.42. The van der Waals surface area contributed by atoms with Gasteiger partial charge in [-0.25, -0.2) is 0 Å². The highest BCUT2D eigenvalue weighted by atomic mass is 32.1. The lowest BCUT2D eigenvalue weighted by atomic mass is 10.0. The van der Waals surface area contributed by atoms with Gasteiger partial charge in [0, 0.05) is 31.1 Å². The first-order chi connectivity index (χ1) is 13.7. The van der Waals surface area contributed by atoms with Gasteiger partial charge in [0.1, 0.15) is 10.6 Å². The van der Waals surface area contributed by atoms with Crippen molar-refractivity contribution >= 4 is 33.1 Å². The van der Waals surface area contributed by atoms with Crippen LogP contribution in [0, 0.1) is 0 Å². The van der Waals surface area contributed by atoms with Crippen LogP contribution < -0.4 is 5.32 Å². The summed E-state index contributed by atoms with van der Waals surface area (Å²) < 4.78 is 1.72. The highest BCUT2D eigenvalue weighted by Crippen LogP contribution is 2.38. The summed E-state index contributed by atoms with van der Waals surface area (Å²) in [5.41, 5.74) is 2.65. The second kappa shape index (κ2) is 7.08. The standard InChI is InChI=1S/C19H21N7OS/c1-12(27)9-20-17-16-14-7-8-25(10-13-5-3-2-4-6-13)11-15(14)28-18(16)26-19(21-17)22-23-24-26/h2-6,12,27H,7-11H2,1H3,(H,20,21,22,24). The Hall–Kier alpha value is -2.62. The molecule has 1 aliphatic rings. The SMILES string of the molecule is CC(O)CNc1nc2nnnn2c2sc3c(c12)CCN(Cc1ccccc1)C3. The summed E-state index contributed by atoms with van der Waals surface area (Å²) in [7, 11) is 0. The first-order valence-electron chi connectivity index (χ1n) is 9.39. The molecule has 1 atom stereocenters. The van der Waals surface area contributed by atoms with Crippen molar-refractivity contribution in [3.8, 4) is 0 Å². The summed E-state index contributed by atoms with van der Waals surface area (Å²) in [4.78, 5) is 9.42. The Morgan fingerprint density at radius 2 is 2.14 bits per heavy atom. The average molecular weight is 395 g/mol. The van der Waals surface area contributed by atoms with Crippen molar-refractivity contribution in [1.29, 1.82) is 0 Å². The van der Waals surface area contributed by atoms with Crippen LogP contribution in [-0.2, 0) is 19.5 Å². The largest absolute Gasteiger partial charge is 0.392 e. The van der Waals surface area contributed by atoms with Crippen LogP contribution in [0.3, 0.4) is 0 Å². The topological polar surface area (TPSA) is 91.5 Å². The molecule has 1 aromatic carbocycles. The van der Waals surface area contributed by atoms with E-state index in [9.17, 15) is 5.11 Å². The summed E-state index contributed by atoms with van der Waals surface area (Å²) in [5, 5.41) is 26.0. The molecule has 3 aromatic heterocycles.